The van der Waals surface area contributed by atoms with E-state index in [1.54, 1.807) is 31.4 Å². The van der Waals surface area contributed by atoms with Crippen LogP contribution in [0.25, 0.3) is 10.9 Å². The summed E-state index contributed by atoms with van der Waals surface area (Å²) in [5.41, 5.74) is 1.33. The van der Waals surface area contributed by atoms with Crippen LogP contribution in [0.3, 0.4) is 0 Å². The molecule has 0 fully saturated rings. The van der Waals surface area contributed by atoms with Crippen LogP contribution in [0.1, 0.15) is 23.2 Å². The first-order valence-corrected chi connectivity index (χ1v) is 7.73. The number of aromatic amines is 1. The summed E-state index contributed by atoms with van der Waals surface area (Å²) in [5, 5.41) is 0.814. The van der Waals surface area contributed by atoms with Crippen LogP contribution in [0.15, 0.2) is 41.0 Å². The van der Waals surface area contributed by atoms with Gasteiger partial charge in [-0.3, -0.25) is 4.79 Å². The fourth-order valence-corrected chi connectivity index (χ4v) is 2.73. The Kier molecular flexibility index (Phi) is 4.46. The van der Waals surface area contributed by atoms with Crippen molar-refractivity contribution in [3.8, 4) is 11.5 Å². The molecule has 3 rings (SSSR count). The van der Waals surface area contributed by atoms with Gasteiger partial charge in [0.1, 0.15) is 11.5 Å². The van der Waals surface area contributed by atoms with Crippen molar-refractivity contribution in [2.24, 2.45) is 0 Å². The summed E-state index contributed by atoms with van der Waals surface area (Å²) in [6, 6.07) is 9.15. The van der Waals surface area contributed by atoms with Gasteiger partial charge in [0.25, 0.3) is 5.91 Å². The SMILES string of the molecule is CCN(Cc1ccco1)C(=O)c1cc2c(OC)c(OC)ccc2[nH]1. The van der Waals surface area contributed by atoms with Crippen molar-refractivity contribution in [1.82, 2.24) is 9.88 Å². The number of nitrogens with one attached hydrogen (secondary N) is 1. The summed E-state index contributed by atoms with van der Waals surface area (Å²) in [6.45, 7) is 2.95. The molecule has 24 heavy (non-hydrogen) atoms. The van der Waals surface area contributed by atoms with E-state index >= 15 is 0 Å². The summed E-state index contributed by atoms with van der Waals surface area (Å²) < 4.78 is 16.1. The monoisotopic (exact) mass is 328 g/mol. The number of carbonyl (C=O) groups is 1. The number of methoxy groups -OCH3 is 2. The van der Waals surface area contributed by atoms with Crippen LogP contribution in [0.4, 0.5) is 0 Å². The van der Waals surface area contributed by atoms with E-state index in [2.05, 4.69) is 4.98 Å². The fourth-order valence-electron chi connectivity index (χ4n) is 2.73. The quantitative estimate of drug-likeness (QED) is 0.752. The molecule has 0 bridgehead atoms. The first kappa shape index (κ1) is 16.0. The van der Waals surface area contributed by atoms with Gasteiger partial charge in [-0.25, -0.2) is 0 Å². The van der Waals surface area contributed by atoms with E-state index in [0.29, 0.717) is 30.3 Å². The van der Waals surface area contributed by atoms with Gasteiger partial charge in [0, 0.05) is 11.9 Å². The molecule has 2 aromatic heterocycles. The maximum Gasteiger partial charge on any atom is 0.270 e. The minimum absolute atomic E-state index is 0.0916. The molecule has 126 valence electrons. The Balaban J connectivity index is 1.94. The molecule has 0 saturated carbocycles. The lowest BCUT2D eigenvalue weighted by Crippen LogP contribution is -2.30. The van der Waals surface area contributed by atoms with Gasteiger partial charge in [-0.1, -0.05) is 0 Å². The van der Waals surface area contributed by atoms with E-state index in [4.69, 9.17) is 13.9 Å². The molecule has 0 aliphatic carbocycles. The number of rotatable bonds is 6. The Morgan fingerprint density at radius 2 is 2.08 bits per heavy atom. The number of hydrogen-bond acceptors (Lipinski definition) is 4. The Labute approximate surface area is 140 Å². The zero-order chi connectivity index (χ0) is 17.1. The number of furan rings is 1. The molecule has 1 aromatic carbocycles. The molecule has 0 saturated heterocycles. The number of aromatic nitrogens is 1. The summed E-state index contributed by atoms with van der Waals surface area (Å²) in [6.07, 6.45) is 1.60. The second-order valence-electron chi connectivity index (χ2n) is 5.34. The van der Waals surface area contributed by atoms with Gasteiger partial charge in [0.05, 0.1) is 32.5 Å². The van der Waals surface area contributed by atoms with Crippen LogP contribution in [0.2, 0.25) is 0 Å². The summed E-state index contributed by atoms with van der Waals surface area (Å²) in [4.78, 5) is 17.7. The highest BCUT2D eigenvalue weighted by molar-refractivity contribution is 6.00. The van der Waals surface area contributed by atoms with Gasteiger partial charge in [-0.15, -0.1) is 0 Å². The van der Waals surface area contributed by atoms with E-state index in [-0.39, 0.29) is 5.91 Å². The lowest BCUT2D eigenvalue weighted by atomic mass is 10.2. The molecule has 6 nitrogen and oxygen atoms in total. The molecule has 1 amide bonds. The van der Waals surface area contributed by atoms with E-state index in [9.17, 15) is 4.79 Å². The highest BCUT2D eigenvalue weighted by Gasteiger charge is 2.20. The van der Waals surface area contributed by atoms with Crippen LogP contribution in [0.5, 0.6) is 11.5 Å². The molecule has 3 aromatic rings. The second kappa shape index (κ2) is 6.70. The van der Waals surface area contributed by atoms with Gasteiger partial charge in [-0.05, 0) is 37.3 Å². The smallest absolute Gasteiger partial charge is 0.270 e. The number of benzene rings is 1. The average molecular weight is 328 g/mol. The van der Waals surface area contributed by atoms with Crippen molar-refractivity contribution in [2.45, 2.75) is 13.5 Å². The molecular weight excluding hydrogens is 308 g/mol. The predicted octanol–water partition coefficient (Wildman–Crippen LogP) is 3.44. The zero-order valence-electron chi connectivity index (χ0n) is 14.0. The third-order valence-corrected chi connectivity index (χ3v) is 3.97. The molecule has 0 aliphatic rings. The number of carbonyl (C=O) groups excluding carboxylic acids is 1. The first-order valence-electron chi connectivity index (χ1n) is 7.73. The minimum Gasteiger partial charge on any atom is -0.493 e. The van der Waals surface area contributed by atoms with Crippen molar-refractivity contribution in [3.63, 3.8) is 0 Å². The largest absolute Gasteiger partial charge is 0.493 e. The van der Waals surface area contributed by atoms with E-state index in [1.165, 1.54) is 0 Å². The lowest BCUT2D eigenvalue weighted by Gasteiger charge is -2.18. The number of hydrogen-bond donors (Lipinski definition) is 1. The minimum atomic E-state index is -0.0916. The number of fused-ring (bicyclic) bond motifs is 1. The highest BCUT2D eigenvalue weighted by Crippen LogP contribution is 2.35. The van der Waals surface area contributed by atoms with Gasteiger partial charge in [-0.2, -0.15) is 0 Å². The van der Waals surface area contributed by atoms with Gasteiger partial charge >= 0.3 is 0 Å². The molecule has 0 radical (unpaired) electrons. The Morgan fingerprint density at radius 3 is 2.71 bits per heavy atom. The molecule has 2 heterocycles. The van der Waals surface area contributed by atoms with Crippen molar-refractivity contribution in [1.29, 1.82) is 0 Å². The molecule has 0 spiro atoms. The van der Waals surface area contributed by atoms with Gasteiger partial charge < -0.3 is 23.8 Å². The number of nitrogens with zero attached hydrogens (tertiary/aromatic N) is 1. The van der Waals surface area contributed by atoms with Crippen LogP contribution in [-0.4, -0.2) is 36.6 Å². The van der Waals surface area contributed by atoms with Crippen molar-refractivity contribution < 1.29 is 18.7 Å². The first-order chi connectivity index (χ1) is 11.7. The van der Waals surface area contributed by atoms with Crippen molar-refractivity contribution >= 4 is 16.8 Å². The van der Waals surface area contributed by atoms with Crippen molar-refractivity contribution in [2.75, 3.05) is 20.8 Å². The standard InChI is InChI=1S/C18H20N2O4/c1-4-20(11-12-6-5-9-24-12)18(21)15-10-13-14(19-15)7-8-16(22-2)17(13)23-3/h5-10,19H,4,11H2,1-3H3. The molecule has 0 unspecified atom stereocenters. The fraction of sp³-hybridized carbons (Fsp3) is 0.278. The highest BCUT2D eigenvalue weighted by atomic mass is 16.5. The van der Waals surface area contributed by atoms with E-state index < -0.39 is 0 Å². The lowest BCUT2D eigenvalue weighted by molar-refractivity contribution is 0.0736. The summed E-state index contributed by atoms with van der Waals surface area (Å²) >= 11 is 0. The Morgan fingerprint density at radius 1 is 1.25 bits per heavy atom. The predicted molar refractivity (Wildman–Crippen MR) is 90.5 cm³/mol. The summed E-state index contributed by atoms with van der Waals surface area (Å²) in [5.74, 6) is 1.90. The van der Waals surface area contributed by atoms with Crippen molar-refractivity contribution in [3.05, 3.63) is 48.0 Å². The molecule has 0 atom stereocenters. The molecule has 6 heteroatoms. The van der Waals surface area contributed by atoms with Crippen LogP contribution in [0, 0.1) is 0 Å². The number of ether oxygens (including phenoxy) is 2. The number of H-pyrrole nitrogens is 1. The second-order valence-corrected chi connectivity index (χ2v) is 5.34. The van der Waals surface area contributed by atoms with Crippen LogP contribution >= 0.6 is 0 Å². The average Bonchev–Trinajstić information content (AvgIpc) is 3.27. The van der Waals surface area contributed by atoms with Crippen LogP contribution in [-0.2, 0) is 6.54 Å². The normalized spacial score (nSPS) is 10.8. The third-order valence-electron chi connectivity index (χ3n) is 3.97. The van der Waals surface area contributed by atoms with Gasteiger partial charge in [0.15, 0.2) is 11.5 Å². The third kappa shape index (κ3) is 2.82. The van der Waals surface area contributed by atoms with E-state index in [1.807, 2.05) is 31.2 Å². The Hall–Kier alpha value is -2.89. The maximum absolute atomic E-state index is 12.8. The summed E-state index contributed by atoms with van der Waals surface area (Å²) in [7, 11) is 3.17. The molecular formula is C18H20N2O4. The maximum atomic E-state index is 12.8. The topological polar surface area (TPSA) is 67.7 Å². The van der Waals surface area contributed by atoms with E-state index in [0.717, 1.165) is 16.7 Å². The number of amides is 1. The molecule has 1 N–H and O–H groups in total. The van der Waals surface area contributed by atoms with Gasteiger partial charge in [0.2, 0.25) is 0 Å². The zero-order valence-corrected chi connectivity index (χ0v) is 14.0. The van der Waals surface area contributed by atoms with Crippen LogP contribution < -0.4 is 9.47 Å². The Bertz CT molecular complexity index is 836. The molecule has 0 aliphatic heterocycles.